The molecule has 2 heterocycles. The van der Waals surface area contributed by atoms with Crippen LogP contribution < -0.4 is 4.74 Å². The number of halogens is 1. The topological polar surface area (TPSA) is 66.2 Å². The van der Waals surface area contributed by atoms with Crippen LogP contribution in [0.2, 0.25) is 5.02 Å². The lowest BCUT2D eigenvalue weighted by Crippen LogP contribution is -2.04. The zero-order valence-corrected chi connectivity index (χ0v) is 20.7. The summed E-state index contributed by atoms with van der Waals surface area (Å²) >= 11 is 7.77. The molecule has 2 aromatic carbocycles. The number of nitrogens with zero attached hydrogens (tertiary/aromatic N) is 3. The van der Waals surface area contributed by atoms with Crippen molar-refractivity contribution in [3.8, 4) is 16.3 Å². The van der Waals surface area contributed by atoms with Gasteiger partial charge in [0.2, 0.25) is 0 Å². The fourth-order valence-corrected chi connectivity index (χ4v) is 4.59. The fourth-order valence-electron chi connectivity index (χ4n) is 3.56. The standard InChI is InChI=1S/C26H24ClN3O3S/c1-17-21(18(2)30(29-17)14-19-8-4-6-10-23(19)27)12-13-25(31)33-15-20-16-34-26(28-20)22-9-5-7-11-24(22)32-3/h4-13,16H,14-15H2,1-3H3. The number of aryl methyl sites for hydroxylation is 1. The van der Waals surface area contributed by atoms with Crippen LogP contribution in [-0.2, 0) is 22.7 Å². The molecule has 0 radical (unpaired) electrons. The lowest BCUT2D eigenvalue weighted by Gasteiger charge is -2.06. The Labute approximate surface area is 207 Å². The molecule has 0 saturated heterocycles. The number of hydrogen-bond donors (Lipinski definition) is 0. The van der Waals surface area contributed by atoms with Gasteiger partial charge in [0.05, 0.1) is 30.6 Å². The lowest BCUT2D eigenvalue weighted by atomic mass is 10.1. The summed E-state index contributed by atoms with van der Waals surface area (Å²) in [7, 11) is 1.63. The van der Waals surface area contributed by atoms with Crippen molar-refractivity contribution >= 4 is 35.0 Å². The summed E-state index contributed by atoms with van der Waals surface area (Å²) in [5.74, 6) is 0.314. The first-order valence-electron chi connectivity index (χ1n) is 10.7. The number of methoxy groups -OCH3 is 1. The van der Waals surface area contributed by atoms with E-state index >= 15 is 0 Å². The Bertz CT molecular complexity index is 1340. The molecule has 34 heavy (non-hydrogen) atoms. The fraction of sp³-hybridized carbons (Fsp3) is 0.192. The number of carbonyl (C=O) groups excluding carboxylic acids is 1. The summed E-state index contributed by atoms with van der Waals surface area (Å²) in [5, 5.41) is 8.00. The second-order valence-corrected chi connectivity index (χ2v) is 8.88. The van der Waals surface area contributed by atoms with Crippen LogP contribution in [0.4, 0.5) is 0 Å². The summed E-state index contributed by atoms with van der Waals surface area (Å²) in [4.78, 5) is 16.9. The molecular weight excluding hydrogens is 470 g/mol. The average molecular weight is 494 g/mol. The maximum Gasteiger partial charge on any atom is 0.331 e. The van der Waals surface area contributed by atoms with E-state index in [0.717, 1.165) is 38.8 Å². The molecule has 0 atom stereocenters. The number of para-hydroxylation sites is 1. The van der Waals surface area contributed by atoms with Crippen LogP contribution in [0.1, 0.15) is 28.2 Å². The van der Waals surface area contributed by atoms with E-state index in [-0.39, 0.29) is 6.61 Å². The van der Waals surface area contributed by atoms with Crippen molar-refractivity contribution in [3.63, 3.8) is 0 Å². The average Bonchev–Trinajstić information content (AvgIpc) is 3.42. The predicted molar refractivity (Wildman–Crippen MR) is 135 cm³/mol. The third-order valence-electron chi connectivity index (χ3n) is 5.35. The number of aromatic nitrogens is 3. The molecule has 0 spiro atoms. The van der Waals surface area contributed by atoms with Gasteiger partial charge in [0, 0.05) is 27.7 Å². The summed E-state index contributed by atoms with van der Waals surface area (Å²) in [6.07, 6.45) is 3.16. The molecule has 0 unspecified atom stereocenters. The summed E-state index contributed by atoms with van der Waals surface area (Å²) in [5.41, 5.74) is 5.24. The van der Waals surface area contributed by atoms with E-state index in [4.69, 9.17) is 21.1 Å². The van der Waals surface area contributed by atoms with Crippen molar-refractivity contribution in [1.82, 2.24) is 14.8 Å². The van der Waals surface area contributed by atoms with Crippen molar-refractivity contribution in [2.75, 3.05) is 7.11 Å². The van der Waals surface area contributed by atoms with Gasteiger partial charge in [0.1, 0.15) is 17.4 Å². The Balaban J connectivity index is 1.39. The second kappa shape index (κ2) is 10.7. The predicted octanol–water partition coefficient (Wildman–Crippen LogP) is 6.09. The van der Waals surface area contributed by atoms with Crippen LogP contribution in [0.5, 0.6) is 5.75 Å². The Morgan fingerprint density at radius 1 is 1.15 bits per heavy atom. The van der Waals surface area contributed by atoms with Gasteiger partial charge < -0.3 is 9.47 Å². The van der Waals surface area contributed by atoms with Crippen LogP contribution in [0, 0.1) is 13.8 Å². The Kier molecular flexibility index (Phi) is 7.45. The molecule has 8 heteroatoms. The summed E-state index contributed by atoms with van der Waals surface area (Å²) < 4.78 is 12.7. The van der Waals surface area contributed by atoms with E-state index in [2.05, 4.69) is 10.1 Å². The van der Waals surface area contributed by atoms with E-state index in [1.165, 1.54) is 17.4 Å². The second-order valence-electron chi connectivity index (χ2n) is 7.62. The minimum absolute atomic E-state index is 0.0958. The Morgan fingerprint density at radius 2 is 1.91 bits per heavy atom. The molecule has 174 valence electrons. The van der Waals surface area contributed by atoms with Crippen LogP contribution in [0.3, 0.4) is 0 Å². The molecule has 4 aromatic rings. The van der Waals surface area contributed by atoms with Crippen LogP contribution in [0.25, 0.3) is 16.6 Å². The zero-order valence-electron chi connectivity index (χ0n) is 19.1. The number of hydrogen-bond acceptors (Lipinski definition) is 6. The first-order chi connectivity index (χ1) is 16.5. The highest BCUT2D eigenvalue weighted by molar-refractivity contribution is 7.13. The normalized spacial score (nSPS) is 11.2. The first-order valence-corrected chi connectivity index (χ1v) is 11.9. The van der Waals surface area contributed by atoms with Gasteiger partial charge in [-0.3, -0.25) is 4.68 Å². The van der Waals surface area contributed by atoms with Gasteiger partial charge in [-0.15, -0.1) is 11.3 Å². The maximum atomic E-state index is 12.3. The third kappa shape index (κ3) is 5.38. The Hall–Kier alpha value is -3.42. The highest BCUT2D eigenvalue weighted by Crippen LogP contribution is 2.32. The highest BCUT2D eigenvalue weighted by Gasteiger charge is 2.13. The van der Waals surface area contributed by atoms with Crippen molar-refractivity contribution in [2.45, 2.75) is 27.0 Å². The van der Waals surface area contributed by atoms with Gasteiger partial charge >= 0.3 is 5.97 Å². The Morgan fingerprint density at radius 3 is 2.71 bits per heavy atom. The minimum Gasteiger partial charge on any atom is -0.496 e. The summed E-state index contributed by atoms with van der Waals surface area (Å²) in [6, 6.07) is 15.4. The smallest absolute Gasteiger partial charge is 0.331 e. The first kappa shape index (κ1) is 23.7. The van der Waals surface area contributed by atoms with E-state index in [9.17, 15) is 4.79 Å². The molecule has 0 fully saturated rings. The SMILES string of the molecule is COc1ccccc1-c1nc(COC(=O)C=Cc2c(C)nn(Cc3ccccc3Cl)c2C)cs1. The molecule has 2 aromatic heterocycles. The van der Waals surface area contributed by atoms with Gasteiger partial charge in [-0.1, -0.05) is 41.9 Å². The molecular formula is C26H24ClN3O3S. The van der Waals surface area contributed by atoms with Gasteiger partial charge in [-0.05, 0) is 43.7 Å². The highest BCUT2D eigenvalue weighted by atomic mass is 35.5. The number of carbonyl (C=O) groups is 1. The van der Waals surface area contributed by atoms with Crippen LogP contribution in [-0.4, -0.2) is 27.8 Å². The molecule has 0 aliphatic rings. The quantitative estimate of drug-likeness (QED) is 0.219. The molecule has 0 amide bonds. The molecule has 0 aliphatic carbocycles. The number of thiazole rings is 1. The van der Waals surface area contributed by atoms with Crippen molar-refractivity contribution in [1.29, 1.82) is 0 Å². The van der Waals surface area contributed by atoms with Crippen molar-refractivity contribution in [3.05, 3.63) is 93.2 Å². The molecule has 6 nitrogen and oxygen atoms in total. The monoisotopic (exact) mass is 493 g/mol. The maximum absolute atomic E-state index is 12.3. The molecule has 0 saturated carbocycles. The number of rotatable bonds is 8. The van der Waals surface area contributed by atoms with Crippen LogP contribution in [0.15, 0.2) is 60.0 Å². The molecule has 0 bridgehead atoms. The largest absolute Gasteiger partial charge is 0.496 e. The van der Waals surface area contributed by atoms with E-state index in [1.54, 1.807) is 13.2 Å². The minimum atomic E-state index is -0.440. The summed E-state index contributed by atoms with van der Waals surface area (Å²) in [6.45, 7) is 4.54. The molecule has 0 N–H and O–H groups in total. The molecule has 4 rings (SSSR count). The number of esters is 1. The van der Waals surface area contributed by atoms with Crippen molar-refractivity contribution < 1.29 is 14.3 Å². The van der Waals surface area contributed by atoms with Gasteiger partial charge in [-0.2, -0.15) is 5.10 Å². The number of benzene rings is 2. The lowest BCUT2D eigenvalue weighted by molar-refractivity contribution is -0.139. The van der Waals surface area contributed by atoms with Crippen LogP contribution >= 0.6 is 22.9 Å². The van der Waals surface area contributed by atoms with Gasteiger partial charge in [0.25, 0.3) is 0 Å². The zero-order chi connectivity index (χ0) is 24.1. The number of ether oxygens (including phenoxy) is 2. The van der Waals surface area contributed by atoms with Gasteiger partial charge in [-0.25, -0.2) is 9.78 Å². The third-order valence-corrected chi connectivity index (χ3v) is 6.65. The van der Waals surface area contributed by atoms with Crippen molar-refractivity contribution in [2.24, 2.45) is 0 Å². The van der Waals surface area contributed by atoms with E-state index in [0.29, 0.717) is 17.3 Å². The molecule has 0 aliphatic heterocycles. The van der Waals surface area contributed by atoms with E-state index < -0.39 is 5.97 Å². The van der Waals surface area contributed by atoms with Gasteiger partial charge in [0.15, 0.2) is 0 Å². The van der Waals surface area contributed by atoms with E-state index in [1.807, 2.05) is 72.4 Å².